The van der Waals surface area contributed by atoms with Gasteiger partial charge in [0, 0.05) is 12.2 Å². The molecule has 0 amide bonds. The smallest absolute Gasteiger partial charge is 0.305 e. The lowest BCUT2D eigenvalue weighted by Gasteiger charge is -2.18. The number of allylic oxidation sites excluding steroid dienone is 1. The maximum absolute atomic E-state index is 12.1. The largest absolute Gasteiger partial charge is 0.481 e. The van der Waals surface area contributed by atoms with E-state index in [1.54, 1.807) is 0 Å². The first-order chi connectivity index (χ1) is 9.47. The average Bonchev–Trinajstić information content (AvgIpc) is 2.86. The number of carboxylic acids is 1. The molecule has 1 atom stereocenters. The lowest BCUT2D eigenvalue weighted by atomic mass is 10.0. The summed E-state index contributed by atoms with van der Waals surface area (Å²) in [4.78, 5) is 10.5. The van der Waals surface area contributed by atoms with Crippen LogP contribution in [0.15, 0.2) is 29.4 Å². The monoisotopic (exact) mass is 299 g/mol. The van der Waals surface area contributed by atoms with Crippen LogP contribution in [0.2, 0.25) is 0 Å². The molecule has 7 nitrogen and oxygen atoms in total. The maximum Gasteiger partial charge on any atom is 0.305 e. The summed E-state index contributed by atoms with van der Waals surface area (Å²) >= 11 is 0. The molecule has 0 saturated carbocycles. The van der Waals surface area contributed by atoms with Gasteiger partial charge < -0.3 is 5.11 Å². The number of hydrogen-bond acceptors (Lipinski definition) is 4. The molecule has 110 valence electrons. The Morgan fingerprint density at radius 2 is 2.30 bits per heavy atom. The molecule has 20 heavy (non-hydrogen) atoms. The number of aliphatic carboxylic acids is 1. The Hall–Kier alpha value is -1.67. The van der Waals surface area contributed by atoms with Crippen LogP contribution in [-0.4, -0.2) is 35.3 Å². The highest BCUT2D eigenvalue weighted by Crippen LogP contribution is 2.15. The molecule has 8 heteroatoms. The molecule has 0 aliphatic heterocycles. The number of aromatic nitrogens is 2. The molecule has 1 aliphatic carbocycles. The van der Waals surface area contributed by atoms with Crippen molar-refractivity contribution in [3.05, 3.63) is 24.5 Å². The minimum Gasteiger partial charge on any atom is -0.481 e. The summed E-state index contributed by atoms with van der Waals surface area (Å²) < 4.78 is 28.3. The number of carbonyl (C=O) groups is 1. The average molecular weight is 299 g/mol. The molecule has 1 heterocycles. The topological polar surface area (TPSA) is 101 Å². The van der Waals surface area contributed by atoms with Gasteiger partial charge in [0.1, 0.15) is 4.90 Å². The Labute approximate surface area is 117 Å². The van der Waals surface area contributed by atoms with E-state index < -0.39 is 16.0 Å². The molecule has 1 aromatic rings. The van der Waals surface area contributed by atoms with Crippen LogP contribution >= 0.6 is 0 Å². The van der Waals surface area contributed by atoms with Crippen LogP contribution in [0.5, 0.6) is 0 Å². The van der Waals surface area contributed by atoms with E-state index in [1.165, 1.54) is 17.1 Å². The van der Waals surface area contributed by atoms with Gasteiger partial charge in [0.05, 0.1) is 19.2 Å². The van der Waals surface area contributed by atoms with Crippen molar-refractivity contribution in [2.24, 2.45) is 0 Å². The van der Waals surface area contributed by atoms with Crippen LogP contribution in [0.3, 0.4) is 0 Å². The minimum absolute atomic E-state index is 0.0671. The van der Waals surface area contributed by atoms with Crippen molar-refractivity contribution in [1.29, 1.82) is 0 Å². The molecule has 0 spiro atoms. The van der Waals surface area contributed by atoms with Crippen molar-refractivity contribution >= 4 is 16.0 Å². The molecule has 2 rings (SSSR count). The number of hydrogen-bond donors (Lipinski definition) is 2. The Kier molecular flexibility index (Phi) is 4.56. The predicted molar refractivity (Wildman–Crippen MR) is 71.6 cm³/mol. The van der Waals surface area contributed by atoms with Crippen LogP contribution in [-0.2, 0) is 21.4 Å². The van der Waals surface area contributed by atoms with Crippen molar-refractivity contribution in [2.45, 2.75) is 43.2 Å². The molecule has 1 aromatic heterocycles. The van der Waals surface area contributed by atoms with Crippen molar-refractivity contribution in [3.63, 3.8) is 0 Å². The van der Waals surface area contributed by atoms with Crippen molar-refractivity contribution in [1.82, 2.24) is 14.5 Å². The van der Waals surface area contributed by atoms with E-state index in [4.69, 9.17) is 5.11 Å². The number of nitrogens with one attached hydrogen (secondary N) is 1. The summed E-state index contributed by atoms with van der Waals surface area (Å²) in [5.74, 6) is -0.947. The number of sulfonamides is 1. The lowest BCUT2D eigenvalue weighted by molar-refractivity contribution is -0.137. The Morgan fingerprint density at radius 3 is 2.95 bits per heavy atom. The number of nitrogens with zero attached hydrogens (tertiary/aromatic N) is 2. The van der Waals surface area contributed by atoms with E-state index in [0.29, 0.717) is 6.42 Å². The summed E-state index contributed by atoms with van der Waals surface area (Å²) in [5.41, 5.74) is 0. The SMILES string of the molecule is O=C(O)CCn1cc(S(=O)(=O)NC2CC=CCC2)cn1. The number of rotatable bonds is 6. The van der Waals surface area contributed by atoms with Crippen LogP contribution in [0.25, 0.3) is 0 Å². The van der Waals surface area contributed by atoms with E-state index in [-0.39, 0.29) is 23.9 Å². The third-order valence-corrected chi connectivity index (χ3v) is 4.54. The Morgan fingerprint density at radius 1 is 1.50 bits per heavy atom. The van der Waals surface area contributed by atoms with E-state index in [2.05, 4.69) is 9.82 Å². The first kappa shape index (κ1) is 14.7. The minimum atomic E-state index is -3.59. The highest BCUT2D eigenvalue weighted by atomic mass is 32.2. The second kappa shape index (κ2) is 6.19. The molecule has 0 radical (unpaired) electrons. The summed E-state index contributed by atoms with van der Waals surface area (Å²) in [5, 5.41) is 12.4. The zero-order chi connectivity index (χ0) is 14.6. The molecular formula is C12H17N3O4S. The van der Waals surface area contributed by atoms with Crippen LogP contribution in [0.4, 0.5) is 0 Å². The van der Waals surface area contributed by atoms with Crippen molar-refractivity contribution in [3.8, 4) is 0 Å². The Bertz CT molecular complexity index is 606. The zero-order valence-electron chi connectivity index (χ0n) is 10.9. The molecule has 1 aliphatic rings. The zero-order valence-corrected chi connectivity index (χ0v) is 11.7. The predicted octanol–water partition coefficient (Wildman–Crippen LogP) is 0.745. The van der Waals surface area contributed by atoms with Crippen LogP contribution in [0.1, 0.15) is 25.7 Å². The van der Waals surface area contributed by atoms with E-state index in [0.717, 1.165) is 12.8 Å². The normalized spacial score (nSPS) is 19.1. The van der Waals surface area contributed by atoms with E-state index >= 15 is 0 Å². The first-order valence-corrected chi connectivity index (χ1v) is 7.87. The van der Waals surface area contributed by atoms with Crippen LogP contribution < -0.4 is 4.72 Å². The molecule has 0 bridgehead atoms. The van der Waals surface area contributed by atoms with Gasteiger partial charge in [0.15, 0.2) is 0 Å². The molecule has 0 fully saturated rings. The van der Waals surface area contributed by atoms with Gasteiger partial charge in [-0.2, -0.15) is 5.10 Å². The standard InChI is InChI=1S/C12H17N3O4S/c16-12(17)6-7-15-9-11(8-13-15)20(18,19)14-10-4-2-1-3-5-10/h1-2,8-10,14H,3-7H2,(H,16,17). The quantitative estimate of drug-likeness (QED) is 0.755. The van der Waals surface area contributed by atoms with Gasteiger partial charge in [-0.1, -0.05) is 12.2 Å². The van der Waals surface area contributed by atoms with Gasteiger partial charge in [-0.3, -0.25) is 9.48 Å². The second-order valence-electron chi connectivity index (χ2n) is 4.69. The van der Waals surface area contributed by atoms with E-state index in [9.17, 15) is 13.2 Å². The molecule has 1 unspecified atom stereocenters. The first-order valence-electron chi connectivity index (χ1n) is 6.39. The summed E-state index contributed by atoms with van der Waals surface area (Å²) in [6, 6.07) is -0.0904. The van der Waals surface area contributed by atoms with Gasteiger partial charge in [-0.25, -0.2) is 13.1 Å². The molecule has 2 N–H and O–H groups in total. The molecule has 0 aromatic carbocycles. The van der Waals surface area contributed by atoms with Gasteiger partial charge in [0.25, 0.3) is 0 Å². The van der Waals surface area contributed by atoms with Gasteiger partial charge in [-0.15, -0.1) is 0 Å². The third-order valence-electron chi connectivity index (χ3n) is 3.07. The summed E-state index contributed by atoms with van der Waals surface area (Å²) in [7, 11) is -3.59. The fourth-order valence-corrected chi connectivity index (χ4v) is 3.24. The summed E-state index contributed by atoms with van der Waals surface area (Å²) in [6.45, 7) is 0.150. The van der Waals surface area contributed by atoms with E-state index in [1.807, 2.05) is 12.2 Å². The summed E-state index contributed by atoms with van der Waals surface area (Å²) in [6.07, 6.45) is 8.83. The Balaban J connectivity index is 2.01. The van der Waals surface area contributed by atoms with Gasteiger partial charge in [0.2, 0.25) is 10.0 Å². The number of aryl methyl sites for hydroxylation is 1. The van der Waals surface area contributed by atoms with Crippen LogP contribution in [0, 0.1) is 0 Å². The highest BCUT2D eigenvalue weighted by molar-refractivity contribution is 7.89. The van der Waals surface area contributed by atoms with Crippen molar-refractivity contribution in [2.75, 3.05) is 0 Å². The molecule has 0 saturated heterocycles. The van der Waals surface area contributed by atoms with Crippen molar-refractivity contribution < 1.29 is 18.3 Å². The lowest BCUT2D eigenvalue weighted by Crippen LogP contribution is -2.35. The highest BCUT2D eigenvalue weighted by Gasteiger charge is 2.21. The van der Waals surface area contributed by atoms with Gasteiger partial charge >= 0.3 is 5.97 Å². The number of carboxylic acid groups (broad SMARTS) is 1. The maximum atomic E-state index is 12.1. The fraction of sp³-hybridized carbons (Fsp3) is 0.500. The third kappa shape index (κ3) is 3.91. The fourth-order valence-electron chi connectivity index (χ4n) is 2.00. The van der Waals surface area contributed by atoms with Gasteiger partial charge in [-0.05, 0) is 19.3 Å². The molecular weight excluding hydrogens is 282 g/mol. The second-order valence-corrected chi connectivity index (χ2v) is 6.40.